The fraction of sp³-hybridized carbons (Fsp3) is 0.240. The predicted octanol–water partition coefficient (Wildman–Crippen LogP) is 3.46. The van der Waals surface area contributed by atoms with Crippen molar-refractivity contribution in [3.63, 3.8) is 0 Å². The van der Waals surface area contributed by atoms with Crippen molar-refractivity contribution >= 4 is 34.4 Å². The van der Waals surface area contributed by atoms with Crippen molar-refractivity contribution in [1.29, 1.82) is 0 Å². The Morgan fingerprint density at radius 2 is 1.69 bits per heavy atom. The summed E-state index contributed by atoms with van der Waals surface area (Å²) in [5, 5.41) is 2.32. The van der Waals surface area contributed by atoms with Gasteiger partial charge in [-0.2, -0.15) is 13.2 Å². The van der Waals surface area contributed by atoms with Crippen LogP contribution < -0.4 is 26.0 Å². The number of hydrogen-bond acceptors (Lipinski definition) is 8. The van der Waals surface area contributed by atoms with Crippen molar-refractivity contribution in [3.8, 4) is 22.9 Å². The number of nitrogens with zero attached hydrogens (tertiary/aromatic N) is 4. The molecule has 2 heterocycles. The maximum Gasteiger partial charge on any atom is 0.418 e. The number of fused-ring (bicyclic) bond motifs is 1. The van der Waals surface area contributed by atoms with Gasteiger partial charge in [0.15, 0.2) is 23.0 Å². The molecule has 4 aromatic rings. The Kier molecular flexibility index (Phi) is 7.67. The lowest BCUT2D eigenvalue weighted by molar-refractivity contribution is -0.137. The normalized spacial score (nSPS) is 11.5. The first-order valence-corrected chi connectivity index (χ1v) is 12.2. The lowest BCUT2D eigenvalue weighted by Crippen LogP contribution is -2.37. The van der Waals surface area contributed by atoms with Crippen molar-refractivity contribution in [3.05, 3.63) is 68.9 Å². The molecule has 1 N–H and O–H groups in total. The second-order valence-electron chi connectivity index (χ2n) is 8.21. The van der Waals surface area contributed by atoms with Crippen LogP contribution in [0.15, 0.2) is 57.1 Å². The van der Waals surface area contributed by atoms with Crippen LogP contribution in [0, 0.1) is 0 Å². The van der Waals surface area contributed by atoms with Crippen LogP contribution in [-0.2, 0) is 25.1 Å². The average Bonchev–Trinajstić information content (AvgIpc) is 2.92. The van der Waals surface area contributed by atoms with Gasteiger partial charge in [-0.1, -0.05) is 23.9 Å². The number of amides is 1. The average molecular weight is 562 g/mol. The molecular weight excluding hydrogens is 539 g/mol. The molecule has 2 aromatic heterocycles. The molecule has 0 saturated heterocycles. The summed E-state index contributed by atoms with van der Waals surface area (Å²) in [6.07, 6.45) is -4.66. The van der Waals surface area contributed by atoms with E-state index in [0.29, 0.717) is 17.1 Å². The lowest BCUT2D eigenvalue weighted by atomic mass is 10.1. The highest BCUT2D eigenvalue weighted by molar-refractivity contribution is 8.00. The summed E-state index contributed by atoms with van der Waals surface area (Å²) >= 11 is 0.825. The molecule has 2 aromatic carbocycles. The molecule has 39 heavy (non-hydrogen) atoms. The van der Waals surface area contributed by atoms with Crippen molar-refractivity contribution < 1.29 is 27.4 Å². The van der Waals surface area contributed by atoms with E-state index < -0.39 is 34.6 Å². The molecule has 10 nitrogen and oxygen atoms in total. The van der Waals surface area contributed by atoms with Crippen LogP contribution in [-0.4, -0.2) is 45.0 Å². The zero-order valence-electron chi connectivity index (χ0n) is 21.1. The summed E-state index contributed by atoms with van der Waals surface area (Å²) in [6, 6.07) is 9.48. The largest absolute Gasteiger partial charge is 0.493 e. The Morgan fingerprint density at radius 1 is 1.00 bits per heavy atom. The minimum atomic E-state index is -4.66. The third kappa shape index (κ3) is 5.46. The summed E-state index contributed by atoms with van der Waals surface area (Å²) in [5.41, 5.74) is -2.21. The van der Waals surface area contributed by atoms with Crippen LogP contribution in [0.25, 0.3) is 22.4 Å². The van der Waals surface area contributed by atoms with Crippen molar-refractivity contribution in [2.24, 2.45) is 14.1 Å². The summed E-state index contributed by atoms with van der Waals surface area (Å²) in [4.78, 5) is 47.2. The zero-order chi connectivity index (χ0) is 28.5. The monoisotopic (exact) mass is 561 g/mol. The first-order chi connectivity index (χ1) is 18.5. The van der Waals surface area contributed by atoms with Crippen LogP contribution >= 0.6 is 11.8 Å². The van der Waals surface area contributed by atoms with Gasteiger partial charge in [-0.25, -0.2) is 14.8 Å². The van der Waals surface area contributed by atoms with E-state index >= 15 is 0 Å². The van der Waals surface area contributed by atoms with Crippen LogP contribution in [0.3, 0.4) is 0 Å². The molecule has 0 saturated carbocycles. The number of anilines is 1. The van der Waals surface area contributed by atoms with Crippen LogP contribution in [0.5, 0.6) is 11.5 Å². The molecule has 0 aliphatic carbocycles. The van der Waals surface area contributed by atoms with Gasteiger partial charge in [0.05, 0.1) is 31.2 Å². The van der Waals surface area contributed by atoms with E-state index in [2.05, 4.69) is 15.3 Å². The highest BCUT2D eigenvalue weighted by Gasteiger charge is 2.33. The van der Waals surface area contributed by atoms with E-state index in [0.717, 1.165) is 28.5 Å². The van der Waals surface area contributed by atoms with Gasteiger partial charge < -0.3 is 14.8 Å². The van der Waals surface area contributed by atoms with E-state index in [-0.39, 0.29) is 27.6 Å². The number of rotatable bonds is 7. The van der Waals surface area contributed by atoms with E-state index in [9.17, 15) is 27.6 Å². The maximum absolute atomic E-state index is 13.3. The molecule has 14 heteroatoms. The Balaban J connectivity index is 1.77. The summed E-state index contributed by atoms with van der Waals surface area (Å²) in [7, 11) is 5.65. The van der Waals surface area contributed by atoms with Crippen LogP contribution in [0.1, 0.15) is 5.56 Å². The summed E-state index contributed by atoms with van der Waals surface area (Å²) in [5.74, 6) is -0.174. The fourth-order valence-electron chi connectivity index (χ4n) is 3.80. The van der Waals surface area contributed by atoms with Gasteiger partial charge in [-0.3, -0.25) is 18.7 Å². The quantitative estimate of drug-likeness (QED) is 0.269. The number of para-hydroxylation sites is 1. The highest BCUT2D eigenvalue weighted by atomic mass is 32.2. The first kappa shape index (κ1) is 27.7. The number of thioether (sulfide) groups is 1. The second kappa shape index (κ2) is 10.8. The minimum Gasteiger partial charge on any atom is -0.493 e. The third-order valence-electron chi connectivity index (χ3n) is 5.76. The van der Waals surface area contributed by atoms with Crippen molar-refractivity contribution in [1.82, 2.24) is 19.1 Å². The number of aromatic nitrogens is 4. The molecule has 0 aliphatic rings. The van der Waals surface area contributed by atoms with Gasteiger partial charge >= 0.3 is 11.9 Å². The number of methoxy groups -OCH3 is 2. The predicted molar refractivity (Wildman–Crippen MR) is 139 cm³/mol. The number of aryl methyl sites for hydroxylation is 1. The number of nitrogens with one attached hydrogen (secondary N) is 1. The Morgan fingerprint density at radius 3 is 2.36 bits per heavy atom. The van der Waals surface area contributed by atoms with Crippen LogP contribution in [0.4, 0.5) is 18.9 Å². The van der Waals surface area contributed by atoms with Gasteiger partial charge in [-0.05, 0) is 30.3 Å². The molecule has 0 spiro atoms. The molecule has 0 atom stereocenters. The maximum atomic E-state index is 13.3. The number of hydrogen-bond donors (Lipinski definition) is 1. The number of halogens is 3. The molecule has 0 unspecified atom stereocenters. The van der Waals surface area contributed by atoms with Gasteiger partial charge in [-0.15, -0.1) is 0 Å². The Labute approximate surface area is 223 Å². The standard InChI is InChI=1S/C25H22F3N5O5S/c1-32-21-19(23(35)33(2)24(32)36)22(31-20(30-21)13-9-10-16(37-3)17(11-13)38-4)39-12-18(34)29-15-8-6-5-7-14(15)25(26,27)28/h5-11H,12H2,1-4H3,(H,29,34). The van der Waals surface area contributed by atoms with Crippen LogP contribution in [0.2, 0.25) is 0 Å². The number of carbonyl (C=O) groups excluding carboxylic acids is 1. The lowest BCUT2D eigenvalue weighted by Gasteiger charge is -2.14. The molecular formula is C25H22F3N5O5S. The molecule has 0 bridgehead atoms. The number of carbonyl (C=O) groups is 1. The molecule has 4 rings (SSSR count). The van der Waals surface area contributed by atoms with E-state index in [4.69, 9.17) is 9.47 Å². The zero-order valence-corrected chi connectivity index (χ0v) is 21.9. The second-order valence-corrected chi connectivity index (χ2v) is 9.17. The highest BCUT2D eigenvalue weighted by Crippen LogP contribution is 2.35. The number of benzene rings is 2. The topological polar surface area (TPSA) is 117 Å². The smallest absolute Gasteiger partial charge is 0.418 e. The molecule has 0 radical (unpaired) electrons. The summed E-state index contributed by atoms with van der Waals surface area (Å²) < 4.78 is 52.6. The van der Waals surface area contributed by atoms with Crippen molar-refractivity contribution in [2.45, 2.75) is 11.2 Å². The molecule has 0 aliphatic heterocycles. The molecule has 0 fully saturated rings. The number of ether oxygens (including phenoxy) is 2. The van der Waals surface area contributed by atoms with Gasteiger partial charge in [0.2, 0.25) is 5.91 Å². The SMILES string of the molecule is COc1ccc(-c2nc(SCC(=O)Nc3ccccc3C(F)(F)F)c3c(=O)n(C)c(=O)n(C)c3n2)cc1OC. The third-order valence-corrected chi connectivity index (χ3v) is 6.73. The van der Waals surface area contributed by atoms with E-state index in [1.807, 2.05) is 0 Å². The van der Waals surface area contributed by atoms with Crippen molar-refractivity contribution in [2.75, 3.05) is 25.3 Å². The minimum absolute atomic E-state index is 0.0164. The molecule has 1 amide bonds. The van der Waals surface area contributed by atoms with Gasteiger partial charge in [0.25, 0.3) is 5.56 Å². The number of alkyl halides is 3. The first-order valence-electron chi connectivity index (χ1n) is 11.2. The fourth-order valence-corrected chi connectivity index (χ4v) is 4.61. The Hall–Kier alpha value is -4.33. The molecule has 204 valence electrons. The van der Waals surface area contributed by atoms with Gasteiger partial charge in [0.1, 0.15) is 10.4 Å². The van der Waals surface area contributed by atoms with Gasteiger partial charge in [0, 0.05) is 19.7 Å². The van der Waals surface area contributed by atoms with E-state index in [1.165, 1.54) is 45.0 Å². The van der Waals surface area contributed by atoms with E-state index in [1.54, 1.807) is 18.2 Å². The Bertz CT molecular complexity index is 1700. The summed E-state index contributed by atoms with van der Waals surface area (Å²) in [6.45, 7) is 0.